The van der Waals surface area contributed by atoms with Gasteiger partial charge in [-0.1, -0.05) is 11.6 Å². The second kappa shape index (κ2) is 9.02. The van der Waals surface area contributed by atoms with Crippen molar-refractivity contribution in [1.82, 2.24) is 20.1 Å². The van der Waals surface area contributed by atoms with Gasteiger partial charge in [-0.15, -0.1) is 0 Å². The highest BCUT2D eigenvalue weighted by molar-refractivity contribution is 6.32. The van der Waals surface area contributed by atoms with Crippen LogP contribution in [0.3, 0.4) is 0 Å². The first-order valence-corrected chi connectivity index (χ1v) is 9.93. The van der Waals surface area contributed by atoms with E-state index in [4.69, 9.17) is 11.6 Å². The zero-order valence-electron chi connectivity index (χ0n) is 17.5. The van der Waals surface area contributed by atoms with Gasteiger partial charge in [0.05, 0.1) is 27.9 Å². The van der Waals surface area contributed by atoms with Crippen molar-refractivity contribution < 1.29 is 9.59 Å². The summed E-state index contributed by atoms with van der Waals surface area (Å²) < 4.78 is 1.36. The van der Waals surface area contributed by atoms with Crippen molar-refractivity contribution in [1.29, 1.82) is 5.26 Å². The minimum absolute atomic E-state index is 0.113. The zero-order chi connectivity index (χ0) is 22.7. The van der Waals surface area contributed by atoms with Crippen LogP contribution in [0.1, 0.15) is 45.8 Å². The van der Waals surface area contributed by atoms with Crippen molar-refractivity contribution in [2.75, 3.05) is 5.32 Å². The summed E-state index contributed by atoms with van der Waals surface area (Å²) in [5.41, 5.74) is 2.24. The van der Waals surface area contributed by atoms with Crippen molar-refractivity contribution in [3.05, 3.63) is 63.9 Å². The lowest BCUT2D eigenvalue weighted by Gasteiger charge is -2.16. The van der Waals surface area contributed by atoms with Gasteiger partial charge in [0.1, 0.15) is 5.69 Å². The highest BCUT2D eigenvalue weighted by atomic mass is 35.5. The summed E-state index contributed by atoms with van der Waals surface area (Å²) in [5, 5.41) is 19.6. The molecule has 2 N–H and O–H groups in total. The van der Waals surface area contributed by atoms with Crippen LogP contribution in [0.5, 0.6) is 0 Å². The molecule has 2 aromatic heterocycles. The van der Waals surface area contributed by atoms with E-state index in [0.717, 1.165) is 0 Å². The number of hydrogen-bond donors (Lipinski definition) is 2. The molecule has 0 radical (unpaired) electrons. The number of benzene rings is 1. The maximum atomic E-state index is 13.2. The maximum absolute atomic E-state index is 13.2. The maximum Gasteiger partial charge on any atom is 0.274 e. The van der Waals surface area contributed by atoms with E-state index in [1.807, 2.05) is 19.9 Å². The Bertz CT molecular complexity index is 1220. The summed E-state index contributed by atoms with van der Waals surface area (Å²) in [4.78, 5) is 30.2. The third kappa shape index (κ3) is 4.76. The van der Waals surface area contributed by atoms with Crippen LogP contribution < -0.4 is 16.2 Å². The molecule has 8 nitrogen and oxygen atoms in total. The summed E-state index contributed by atoms with van der Waals surface area (Å²) in [6, 6.07) is 9.93. The molecule has 0 spiro atoms. The minimum Gasteiger partial charge on any atom is -0.350 e. The Morgan fingerprint density at radius 3 is 2.65 bits per heavy atom. The van der Waals surface area contributed by atoms with Gasteiger partial charge in [-0.3, -0.25) is 9.59 Å². The number of aromatic nitrogens is 3. The number of nitrogens with zero attached hydrogens (tertiary/aromatic N) is 4. The molecule has 0 bridgehead atoms. The van der Waals surface area contributed by atoms with Crippen molar-refractivity contribution in [2.24, 2.45) is 0 Å². The number of aryl methyl sites for hydroxylation is 1. The van der Waals surface area contributed by atoms with Crippen LogP contribution in [-0.2, 0) is 0 Å². The number of carbonyl (C=O) groups excluding carboxylic acids is 2. The Labute approximate surface area is 185 Å². The molecule has 1 aromatic carbocycles. The first kappa shape index (κ1) is 22.1. The molecule has 3 rings (SSSR count). The van der Waals surface area contributed by atoms with Crippen LogP contribution in [0.2, 0.25) is 5.02 Å². The van der Waals surface area contributed by atoms with Gasteiger partial charge in [-0.2, -0.15) is 10.4 Å². The molecule has 3 aromatic rings. The summed E-state index contributed by atoms with van der Waals surface area (Å²) in [6.45, 7) is 5.38. The minimum atomic E-state index is -0.492. The molecule has 0 atom stereocenters. The smallest absolute Gasteiger partial charge is 0.274 e. The molecule has 0 aliphatic carbocycles. The van der Waals surface area contributed by atoms with Gasteiger partial charge in [0.15, 0.2) is 13.7 Å². The molecule has 0 fully saturated rings. The number of hydrogen-bond acceptors (Lipinski definition) is 5. The second-order valence-electron chi connectivity index (χ2n) is 7.30. The number of carbonyl (C=O) groups is 2. The molecule has 0 saturated carbocycles. The normalized spacial score (nSPS) is 10.6. The Morgan fingerprint density at radius 2 is 2.00 bits per heavy atom. The number of halogens is 1. The molecule has 2 amide bonds. The number of nitrogens with one attached hydrogen (secondary N) is 2. The van der Waals surface area contributed by atoms with Crippen LogP contribution in [0.15, 0.2) is 36.5 Å². The van der Waals surface area contributed by atoms with E-state index < -0.39 is 5.91 Å². The Morgan fingerprint density at radius 1 is 1.26 bits per heavy atom. The van der Waals surface area contributed by atoms with E-state index in [2.05, 4.69) is 20.7 Å². The van der Waals surface area contributed by atoms with Gasteiger partial charge in [-0.25, -0.2) is 9.67 Å². The second-order valence-corrected chi connectivity index (χ2v) is 7.71. The van der Waals surface area contributed by atoms with Crippen LogP contribution in [0.4, 0.5) is 5.69 Å². The number of nitriles is 1. The molecule has 31 heavy (non-hydrogen) atoms. The third-order valence-corrected chi connectivity index (χ3v) is 4.67. The average Bonchev–Trinajstić information content (AvgIpc) is 3.10. The summed E-state index contributed by atoms with van der Waals surface area (Å²) in [5.74, 6) is -0.562. The van der Waals surface area contributed by atoms with Gasteiger partial charge in [0.2, 0.25) is 0 Å². The Kier molecular flexibility index (Phi) is 6.42. The number of amides is 2. The summed E-state index contributed by atoms with van der Waals surface area (Å²) in [7, 11) is 1.75. The molecule has 10 heteroatoms. The first-order chi connectivity index (χ1) is 14.7. The van der Waals surface area contributed by atoms with Crippen LogP contribution in [0.25, 0.3) is 5.82 Å². The molecule has 0 aliphatic rings. The summed E-state index contributed by atoms with van der Waals surface area (Å²) in [6.07, 6.45) is 1.55. The van der Waals surface area contributed by atoms with E-state index >= 15 is 0 Å². The van der Waals surface area contributed by atoms with Crippen molar-refractivity contribution >= 4 is 42.5 Å². The third-order valence-electron chi connectivity index (χ3n) is 4.37. The van der Waals surface area contributed by atoms with Gasteiger partial charge in [0.25, 0.3) is 11.8 Å². The lowest BCUT2D eigenvalue weighted by molar-refractivity contribution is 0.0944. The van der Waals surface area contributed by atoms with Gasteiger partial charge < -0.3 is 10.6 Å². The van der Waals surface area contributed by atoms with Crippen molar-refractivity contribution in [3.8, 4) is 11.9 Å². The van der Waals surface area contributed by atoms with Gasteiger partial charge >= 0.3 is 0 Å². The van der Waals surface area contributed by atoms with Gasteiger partial charge in [-0.05, 0) is 56.7 Å². The fraction of sp³-hybridized carbons (Fsp3) is 0.190. The first-order valence-electron chi connectivity index (χ1n) is 9.55. The highest BCUT2D eigenvalue weighted by Crippen LogP contribution is 2.25. The lowest BCUT2D eigenvalue weighted by atomic mass is 10.0. The van der Waals surface area contributed by atoms with Crippen LogP contribution in [-0.4, -0.2) is 40.5 Å². The molecular weight excluding hydrogens is 415 g/mol. The van der Waals surface area contributed by atoms with Crippen LogP contribution >= 0.6 is 11.6 Å². The van der Waals surface area contributed by atoms with E-state index in [-0.39, 0.29) is 23.2 Å². The number of pyridine rings is 1. The lowest BCUT2D eigenvalue weighted by Crippen LogP contribution is -2.31. The molecule has 0 aliphatic heterocycles. The standard InChI is InChI=1S/C21H20BClN6O2/c1-11(2)26-20(30)14-8-13(10-24)7-12(3)18(14)27-21(31)16-9-17(22)28-29(16)19-15(23)5-4-6-25-19/h4-9,11H,22H2,1-3H3,(H,26,30)(H,27,31). The molecule has 0 unspecified atom stereocenters. The number of rotatable bonds is 5. The van der Waals surface area contributed by atoms with E-state index in [9.17, 15) is 14.9 Å². The fourth-order valence-corrected chi connectivity index (χ4v) is 3.27. The largest absolute Gasteiger partial charge is 0.350 e. The fourth-order valence-electron chi connectivity index (χ4n) is 3.07. The zero-order valence-corrected chi connectivity index (χ0v) is 18.3. The monoisotopic (exact) mass is 434 g/mol. The van der Waals surface area contributed by atoms with Crippen molar-refractivity contribution in [2.45, 2.75) is 26.8 Å². The molecule has 0 saturated heterocycles. The highest BCUT2D eigenvalue weighted by Gasteiger charge is 2.22. The molecule has 2 heterocycles. The predicted octanol–water partition coefficient (Wildman–Crippen LogP) is 1.75. The van der Waals surface area contributed by atoms with Crippen molar-refractivity contribution in [3.63, 3.8) is 0 Å². The summed E-state index contributed by atoms with van der Waals surface area (Å²) >= 11 is 6.24. The Hall–Kier alpha value is -3.64. The molecular formula is C21H20BClN6O2. The topological polar surface area (TPSA) is 113 Å². The number of anilines is 1. The van der Waals surface area contributed by atoms with Crippen LogP contribution in [0, 0.1) is 18.3 Å². The SMILES string of the molecule is Bc1cc(C(=O)Nc2c(C)cc(C#N)cc2C(=O)NC(C)C)n(-c2ncccc2Cl)n1. The van der Waals surface area contributed by atoms with E-state index in [1.165, 1.54) is 10.7 Å². The average molecular weight is 435 g/mol. The molecule has 156 valence electrons. The Balaban J connectivity index is 2.05. The van der Waals surface area contributed by atoms with E-state index in [1.54, 1.807) is 45.2 Å². The van der Waals surface area contributed by atoms with E-state index in [0.29, 0.717) is 33.2 Å². The quantitative estimate of drug-likeness (QED) is 0.594. The van der Waals surface area contributed by atoms with Gasteiger partial charge in [0, 0.05) is 17.8 Å². The predicted molar refractivity (Wildman–Crippen MR) is 121 cm³/mol.